The van der Waals surface area contributed by atoms with Crippen LogP contribution in [0.1, 0.15) is 23.2 Å². The number of rotatable bonds is 5. The number of nitrogens with one attached hydrogen (secondary N) is 2. The second kappa shape index (κ2) is 8.54. The van der Waals surface area contributed by atoms with Crippen molar-refractivity contribution < 1.29 is 14.4 Å². The highest BCUT2D eigenvalue weighted by molar-refractivity contribution is 9.10. The van der Waals surface area contributed by atoms with Crippen LogP contribution in [-0.2, 0) is 9.59 Å². The predicted octanol–water partition coefficient (Wildman–Crippen LogP) is 3.60. The fraction of sp³-hybridized carbons (Fsp3) is 0.211. The zero-order chi connectivity index (χ0) is 19.4. The second-order valence-corrected chi connectivity index (χ2v) is 7.38. The molecule has 2 aromatic carbocycles. The standard InChI is InChI=1S/C19H17BrClN3O3/c20-13-4-1-3-12(9-13)19(27)22-11-17(25)23-14-6-7-16(15(21)10-14)24-8-2-5-18(24)26/h1,3-4,6-7,9-10H,2,5,8,11H2,(H,22,27)(H,23,25). The Labute approximate surface area is 170 Å². The van der Waals surface area contributed by atoms with E-state index in [1.165, 1.54) is 0 Å². The van der Waals surface area contributed by atoms with Crippen molar-refractivity contribution in [3.05, 3.63) is 57.5 Å². The lowest BCUT2D eigenvalue weighted by Gasteiger charge is -2.18. The molecule has 140 valence electrons. The maximum atomic E-state index is 12.1. The van der Waals surface area contributed by atoms with E-state index >= 15 is 0 Å². The minimum absolute atomic E-state index is 0.0453. The van der Waals surface area contributed by atoms with Gasteiger partial charge in [-0.15, -0.1) is 0 Å². The molecule has 0 radical (unpaired) electrons. The van der Waals surface area contributed by atoms with Crippen LogP contribution in [0.15, 0.2) is 46.9 Å². The van der Waals surface area contributed by atoms with Crippen LogP contribution >= 0.6 is 27.5 Å². The number of nitrogens with zero attached hydrogens (tertiary/aromatic N) is 1. The first-order valence-corrected chi connectivity index (χ1v) is 9.54. The number of carbonyl (C=O) groups excluding carboxylic acids is 3. The molecule has 0 saturated carbocycles. The molecule has 1 fully saturated rings. The number of amides is 3. The van der Waals surface area contributed by atoms with Crippen LogP contribution in [0.2, 0.25) is 5.02 Å². The topological polar surface area (TPSA) is 78.5 Å². The van der Waals surface area contributed by atoms with Crippen LogP contribution in [0, 0.1) is 0 Å². The molecule has 0 aromatic heterocycles. The zero-order valence-electron chi connectivity index (χ0n) is 14.3. The van der Waals surface area contributed by atoms with Gasteiger partial charge >= 0.3 is 0 Å². The molecule has 0 atom stereocenters. The molecule has 0 unspecified atom stereocenters. The molecule has 6 nitrogen and oxygen atoms in total. The van der Waals surface area contributed by atoms with Crippen molar-refractivity contribution in [2.75, 3.05) is 23.3 Å². The quantitative estimate of drug-likeness (QED) is 0.730. The van der Waals surface area contributed by atoms with Gasteiger partial charge in [-0.2, -0.15) is 0 Å². The minimum Gasteiger partial charge on any atom is -0.343 e. The summed E-state index contributed by atoms with van der Waals surface area (Å²) in [7, 11) is 0. The van der Waals surface area contributed by atoms with Gasteiger partial charge in [0.05, 0.1) is 17.3 Å². The SMILES string of the molecule is O=C(CNC(=O)c1cccc(Br)c1)Nc1ccc(N2CCCC2=O)c(Cl)c1. The lowest BCUT2D eigenvalue weighted by Crippen LogP contribution is -2.32. The Balaban J connectivity index is 1.57. The second-order valence-electron chi connectivity index (χ2n) is 6.06. The van der Waals surface area contributed by atoms with Crippen molar-refractivity contribution in [2.24, 2.45) is 0 Å². The summed E-state index contributed by atoms with van der Waals surface area (Å²) in [6.45, 7) is 0.473. The molecule has 2 N–H and O–H groups in total. The molecule has 8 heteroatoms. The molecule has 0 spiro atoms. The van der Waals surface area contributed by atoms with Crippen LogP contribution in [0.25, 0.3) is 0 Å². The van der Waals surface area contributed by atoms with E-state index in [9.17, 15) is 14.4 Å². The molecule has 0 bridgehead atoms. The molecular weight excluding hydrogens is 434 g/mol. The summed E-state index contributed by atoms with van der Waals surface area (Å²) < 4.78 is 0.783. The fourth-order valence-corrected chi connectivity index (χ4v) is 3.49. The van der Waals surface area contributed by atoms with Crippen molar-refractivity contribution in [1.29, 1.82) is 0 Å². The third-order valence-electron chi connectivity index (χ3n) is 4.09. The van der Waals surface area contributed by atoms with Crippen molar-refractivity contribution in [2.45, 2.75) is 12.8 Å². The maximum Gasteiger partial charge on any atom is 0.251 e. The Bertz CT molecular complexity index is 904. The Morgan fingerprint density at radius 3 is 2.67 bits per heavy atom. The van der Waals surface area contributed by atoms with Gasteiger partial charge in [-0.1, -0.05) is 33.6 Å². The van der Waals surface area contributed by atoms with E-state index in [4.69, 9.17) is 11.6 Å². The summed E-state index contributed by atoms with van der Waals surface area (Å²) in [5.41, 5.74) is 1.59. The van der Waals surface area contributed by atoms with Crippen molar-refractivity contribution in [3.63, 3.8) is 0 Å². The third-order valence-corrected chi connectivity index (χ3v) is 4.89. The van der Waals surface area contributed by atoms with Crippen molar-refractivity contribution in [1.82, 2.24) is 5.32 Å². The highest BCUT2D eigenvalue weighted by Crippen LogP contribution is 2.31. The number of carbonyl (C=O) groups is 3. The summed E-state index contributed by atoms with van der Waals surface area (Å²) in [5.74, 6) is -0.671. The Hall–Kier alpha value is -2.38. The van der Waals surface area contributed by atoms with E-state index in [2.05, 4.69) is 26.6 Å². The van der Waals surface area contributed by atoms with Gasteiger partial charge in [0.25, 0.3) is 5.91 Å². The van der Waals surface area contributed by atoms with Gasteiger partial charge in [0.1, 0.15) is 0 Å². The highest BCUT2D eigenvalue weighted by atomic mass is 79.9. The molecule has 1 heterocycles. The normalized spacial score (nSPS) is 13.6. The Morgan fingerprint density at radius 1 is 1.19 bits per heavy atom. The molecule has 3 rings (SSSR count). The van der Waals surface area contributed by atoms with Crippen LogP contribution in [-0.4, -0.2) is 30.8 Å². The van der Waals surface area contributed by atoms with E-state index in [1.54, 1.807) is 41.3 Å². The average molecular weight is 451 g/mol. The first-order valence-electron chi connectivity index (χ1n) is 8.37. The van der Waals surface area contributed by atoms with Crippen LogP contribution < -0.4 is 15.5 Å². The Morgan fingerprint density at radius 2 is 2.00 bits per heavy atom. The lowest BCUT2D eigenvalue weighted by atomic mass is 10.2. The summed E-state index contributed by atoms with van der Waals surface area (Å²) in [4.78, 5) is 37.6. The molecule has 2 aromatic rings. The predicted molar refractivity (Wildman–Crippen MR) is 108 cm³/mol. The first kappa shape index (κ1) is 19.4. The van der Waals surface area contributed by atoms with E-state index < -0.39 is 0 Å². The largest absolute Gasteiger partial charge is 0.343 e. The molecule has 1 saturated heterocycles. The maximum absolute atomic E-state index is 12.1. The van der Waals surface area contributed by atoms with Gasteiger partial charge in [-0.25, -0.2) is 0 Å². The number of hydrogen-bond acceptors (Lipinski definition) is 3. The average Bonchev–Trinajstić information content (AvgIpc) is 3.05. The molecule has 1 aliphatic rings. The third kappa shape index (κ3) is 4.87. The highest BCUT2D eigenvalue weighted by Gasteiger charge is 2.23. The smallest absolute Gasteiger partial charge is 0.251 e. The van der Waals surface area contributed by atoms with Gasteiger partial charge < -0.3 is 15.5 Å². The molecular formula is C19H17BrClN3O3. The molecule has 0 aliphatic carbocycles. The lowest BCUT2D eigenvalue weighted by molar-refractivity contribution is -0.117. The minimum atomic E-state index is -0.376. The van der Waals surface area contributed by atoms with Crippen LogP contribution in [0.4, 0.5) is 11.4 Å². The Kier molecular flexibility index (Phi) is 6.13. The summed E-state index contributed by atoms with van der Waals surface area (Å²) in [5, 5.41) is 5.63. The first-order chi connectivity index (χ1) is 12.9. The van der Waals surface area contributed by atoms with E-state index in [0.717, 1.165) is 10.9 Å². The zero-order valence-corrected chi connectivity index (χ0v) is 16.6. The number of benzene rings is 2. The number of anilines is 2. The molecule has 1 aliphatic heterocycles. The van der Waals surface area contributed by atoms with Crippen LogP contribution in [0.3, 0.4) is 0 Å². The number of halogens is 2. The van der Waals surface area contributed by atoms with Gasteiger partial charge in [-0.05, 0) is 42.8 Å². The van der Waals surface area contributed by atoms with Crippen molar-refractivity contribution in [3.8, 4) is 0 Å². The molecule has 27 heavy (non-hydrogen) atoms. The number of hydrogen-bond donors (Lipinski definition) is 2. The monoisotopic (exact) mass is 449 g/mol. The van der Waals surface area contributed by atoms with Crippen LogP contribution in [0.5, 0.6) is 0 Å². The fourth-order valence-electron chi connectivity index (χ4n) is 2.80. The van der Waals surface area contributed by atoms with Gasteiger partial charge in [0.2, 0.25) is 11.8 Å². The van der Waals surface area contributed by atoms with Gasteiger partial charge in [0.15, 0.2) is 0 Å². The van der Waals surface area contributed by atoms with Gasteiger partial charge in [-0.3, -0.25) is 14.4 Å². The van der Waals surface area contributed by atoms with E-state index in [-0.39, 0.29) is 24.3 Å². The molecule has 3 amide bonds. The van der Waals surface area contributed by atoms with Crippen molar-refractivity contribution >= 4 is 56.6 Å². The summed E-state index contributed by atoms with van der Waals surface area (Å²) in [6, 6.07) is 11.9. The van der Waals surface area contributed by atoms with E-state index in [0.29, 0.717) is 34.9 Å². The summed E-state index contributed by atoms with van der Waals surface area (Å²) in [6.07, 6.45) is 1.33. The van der Waals surface area contributed by atoms with Gasteiger partial charge in [0, 0.05) is 28.7 Å². The van der Waals surface area contributed by atoms with E-state index in [1.807, 2.05) is 6.07 Å². The summed E-state index contributed by atoms with van der Waals surface area (Å²) >= 11 is 9.56.